The molecule has 2 amide bonds. The molecule has 0 spiro atoms. The fourth-order valence-corrected chi connectivity index (χ4v) is 4.79. The van der Waals surface area contributed by atoms with Gasteiger partial charge in [0, 0.05) is 21.2 Å². The summed E-state index contributed by atoms with van der Waals surface area (Å²) < 4.78 is 19.8. The molecular formula is C24H14ClFN2O3S. The molecule has 32 heavy (non-hydrogen) atoms. The van der Waals surface area contributed by atoms with Crippen LogP contribution >= 0.6 is 22.9 Å². The summed E-state index contributed by atoms with van der Waals surface area (Å²) >= 11 is 7.72. The number of halogens is 2. The molecule has 5 nitrogen and oxygen atoms in total. The van der Waals surface area contributed by atoms with Crippen molar-refractivity contribution in [2.45, 2.75) is 0 Å². The number of thiophene rings is 1. The summed E-state index contributed by atoms with van der Waals surface area (Å²) in [5.41, 5.74) is 1.06. The van der Waals surface area contributed by atoms with Gasteiger partial charge in [-0.2, -0.15) is 0 Å². The third kappa shape index (κ3) is 3.62. The number of anilines is 2. The van der Waals surface area contributed by atoms with Crippen molar-refractivity contribution in [3.8, 4) is 0 Å². The molecule has 0 saturated carbocycles. The Morgan fingerprint density at radius 3 is 2.28 bits per heavy atom. The second kappa shape index (κ2) is 8.11. The van der Waals surface area contributed by atoms with Crippen LogP contribution < -0.4 is 10.6 Å². The average molecular weight is 465 g/mol. The van der Waals surface area contributed by atoms with Crippen LogP contribution in [0.3, 0.4) is 0 Å². The molecule has 2 N–H and O–H groups in total. The standard InChI is InChI=1S/C24H14ClFN2O3S/c25-19-16-6-2-4-8-18(16)32-22(19)24(30)28-20-15-5-1-3-7-17(15)31-21(20)23(29)27-14-11-9-13(26)10-12-14/h1-12H,(H,27,29)(H,28,30). The van der Waals surface area contributed by atoms with Crippen LogP contribution in [0.5, 0.6) is 0 Å². The number of para-hydroxylation sites is 1. The van der Waals surface area contributed by atoms with Crippen LogP contribution in [0.15, 0.2) is 77.2 Å². The minimum absolute atomic E-state index is 0.0684. The lowest BCUT2D eigenvalue weighted by Crippen LogP contribution is -2.16. The van der Waals surface area contributed by atoms with E-state index in [1.807, 2.05) is 24.3 Å². The van der Waals surface area contributed by atoms with Crippen molar-refractivity contribution in [2.75, 3.05) is 10.6 Å². The molecule has 5 rings (SSSR count). The van der Waals surface area contributed by atoms with Crippen molar-refractivity contribution in [1.29, 1.82) is 0 Å². The summed E-state index contributed by atoms with van der Waals surface area (Å²) in [5.74, 6) is -1.51. The van der Waals surface area contributed by atoms with Gasteiger partial charge in [-0.25, -0.2) is 4.39 Å². The number of carbonyl (C=O) groups excluding carboxylic acids is 2. The van der Waals surface area contributed by atoms with Gasteiger partial charge in [0.1, 0.15) is 22.0 Å². The molecule has 0 unspecified atom stereocenters. The van der Waals surface area contributed by atoms with Crippen LogP contribution in [0.25, 0.3) is 21.1 Å². The van der Waals surface area contributed by atoms with Crippen LogP contribution in [0, 0.1) is 5.82 Å². The zero-order valence-corrected chi connectivity index (χ0v) is 17.9. The van der Waals surface area contributed by atoms with Gasteiger partial charge in [-0.1, -0.05) is 41.9 Å². The highest BCUT2D eigenvalue weighted by atomic mass is 35.5. The molecule has 0 fully saturated rings. The van der Waals surface area contributed by atoms with Gasteiger partial charge in [0.25, 0.3) is 11.8 Å². The van der Waals surface area contributed by atoms with Crippen LogP contribution in [0.4, 0.5) is 15.8 Å². The molecule has 158 valence electrons. The summed E-state index contributed by atoms with van der Waals surface area (Å²) in [4.78, 5) is 26.4. The molecule has 0 atom stereocenters. The third-order valence-corrected chi connectivity index (χ3v) is 6.56. The van der Waals surface area contributed by atoms with E-state index in [4.69, 9.17) is 16.0 Å². The van der Waals surface area contributed by atoms with E-state index < -0.39 is 17.6 Å². The number of carbonyl (C=O) groups is 2. The summed E-state index contributed by atoms with van der Waals surface area (Å²) in [6, 6.07) is 19.8. The monoisotopic (exact) mass is 464 g/mol. The second-order valence-electron chi connectivity index (χ2n) is 6.96. The Bertz CT molecular complexity index is 1490. The zero-order chi connectivity index (χ0) is 22.2. The molecule has 8 heteroatoms. The highest BCUT2D eigenvalue weighted by Gasteiger charge is 2.25. The first kappa shape index (κ1) is 20.2. The Morgan fingerprint density at radius 1 is 0.844 bits per heavy atom. The van der Waals surface area contributed by atoms with E-state index in [-0.39, 0.29) is 11.4 Å². The average Bonchev–Trinajstić information content (AvgIpc) is 3.34. The predicted octanol–water partition coefficient (Wildman–Crippen LogP) is 6.94. The number of amides is 2. The third-order valence-electron chi connectivity index (χ3n) is 4.88. The van der Waals surface area contributed by atoms with Gasteiger partial charge in [-0.15, -0.1) is 11.3 Å². The van der Waals surface area contributed by atoms with Crippen LogP contribution in [0.2, 0.25) is 5.02 Å². The number of rotatable bonds is 4. The van der Waals surface area contributed by atoms with E-state index in [9.17, 15) is 14.0 Å². The Labute approximate surface area is 190 Å². The van der Waals surface area contributed by atoms with Crippen LogP contribution in [-0.2, 0) is 0 Å². The Hall–Kier alpha value is -3.68. The summed E-state index contributed by atoms with van der Waals surface area (Å²) in [6.45, 7) is 0. The summed E-state index contributed by atoms with van der Waals surface area (Å²) in [7, 11) is 0. The molecule has 2 aromatic heterocycles. The Balaban J connectivity index is 1.52. The minimum atomic E-state index is -0.578. The lowest BCUT2D eigenvalue weighted by atomic mass is 10.2. The van der Waals surface area contributed by atoms with Gasteiger partial charge >= 0.3 is 0 Å². The maximum absolute atomic E-state index is 13.2. The molecule has 2 heterocycles. The number of nitrogens with one attached hydrogen (secondary N) is 2. The first-order valence-electron chi connectivity index (χ1n) is 9.58. The maximum atomic E-state index is 13.2. The minimum Gasteiger partial charge on any atom is -0.449 e. The van der Waals surface area contributed by atoms with E-state index in [1.165, 1.54) is 35.6 Å². The van der Waals surface area contributed by atoms with Crippen LogP contribution in [0.1, 0.15) is 20.2 Å². The van der Waals surface area contributed by atoms with E-state index in [0.717, 1.165) is 10.1 Å². The highest BCUT2D eigenvalue weighted by Crippen LogP contribution is 2.37. The van der Waals surface area contributed by atoms with Gasteiger partial charge in [0.2, 0.25) is 5.76 Å². The molecule has 0 aliphatic heterocycles. The summed E-state index contributed by atoms with van der Waals surface area (Å²) in [6.07, 6.45) is 0. The van der Waals surface area contributed by atoms with E-state index in [1.54, 1.807) is 24.3 Å². The maximum Gasteiger partial charge on any atom is 0.293 e. The Morgan fingerprint density at radius 2 is 1.53 bits per heavy atom. The molecule has 0 aliphatic rings. The quantitative estimate of drug-likeness (QED) is 0.302. The van der Waals surface area contributed by atoms with Gasteiger partial charge in [0.15, 0.2) is 0 Å². The number of benzene rings is 3. The first-order chi connectivity index (χ1) is 15.5. The van der Waals surface area contributed by atoms with Crippen molar-refractivity contribution in [2.24, 2.45) is 0 Å². The van der Waals surface area contributed by atoms with Gasteiger partial charge in [-0.05, 0) is 42.5 Å². The van der Waals surface area contributed by atoms with Crippen molar-refractivity contribution in [3.63, 3.8) is 0 Å². The van der Waals surface area contributed by atoms with E-state index in [0.29, 0.717) is 26.6 Å². The molecule has 0 bridgehead atoms. The van der Waals surface area contributed by atoms with E-state index >= 15 is 0 Å². The smallest absolute Gasteiger partial charge is 0.293 e. The number of fused-ring (bicyclic) bond motifs is 2. The lowest BCUT2D eigenvalue weighted by Gasteiger charge is -2.07. The van der Waals surface area contributed by atoms with Gasteiger partial charge in [0.05, 0.1) is 5.02 Å². The SMILES string of the molecule is O=C(Nc1ccc(F)cc1)c1oc2ccccc2c1NC(=O)c1sc2ccccc2c1Cl. The normalized spacial score (nSPS) is 11.1. The molecule has 0 aliphatic carbocycles. The predicted molar refractivity (Wildman–Crippen MR) is 125 cm³/mol. The fraction of sp³-hybridized carbons (Fsp3) is 0. The van der Waals surface area contributed by atoms with Crippen LogP contribution in [-0.4, -0.2) is 11.8 Å². The zero-order valence-electron chi connectivity index (χ0n) is 16.3. The molecule has 0 radical (unpaired) electrons. The second-order valence-corrected chi connectivity index (χ2v) is 8.39. The molecular weight excluding hydrogens is 451 g/mol. The lowest BCUT2D eigenvalue weighted by molar-refractivity contribution is 0.0999. The van der Waals surface area contributed by atoms with Crippen molar-refractivity contribution in [1.82, 2.24) is 0 Å². The van der Waals surface area contributed by atoms with Crippen molar-refractivity contribution >= 4 is 67.2 Å². The molecule has 5 aromatic rings. The summed E-state index contributed by atoms with van der Waals surface area (Å²) in [5, 5.41) is 7.17. The van der Waals surface area contributed by atoms with Gasteiger partial charge < -0.3 is 15.1 Å². The highest BCUT2D eigenvalue weighted by molar-refractivity contribution is 7.21. The Kier molecular flexibility index (Phi) is 5.13. The van der Waals surface area contributed by atoms with E-state index in [2.05, 4.69) is 10.6 Å². The van der Waals surface area contributed by atoms with Gasteiger partial charge in [-0.3, -0.25) is 9.59 Å². The molecule has 3 aromatic carbocycles. The number of hydrogen-bond donors (Lipinski definition) is 2. The fourth-order valence-electron chi connectivity index (χ4n) is 3.38. The van der Waals surface area contributed by atoms with Crippen molar-refractivity contribution in [3.05, 3.63) is 94.3 Å². The molecule has 0 saturated heterocycles. The largest absolute Gasteiger partial charge is 0.449 e. The number of furan rings is 1. The van der Waals surface area contributed by atoms with Crippen molar-refractivity contribution < 1.29 is 18.4 Å². The topological polar surface area (TPSA) is 71.3 Å². The number of hydrogen-bond acceptors (Lipinski definition) is 4. The first-order valence-corrected chi connectivity index (χ1v) is 10.8.